The predicted octanol–water partition coefficient (Wildman–Crippen LogP) is 9.46. The van der Waals surface area contributed by atoms with Gasteiger partial charge in [-0.05, 0) is 80.0 Å². The van der Waals surface area contributed by atoms with Gasteiger partial charge in [0.05, 0.1) is 59.1 Å². The number of ether oxygens (including phenoxy) is 2. The highest BCUT2D eigenvalue weighted by Gasteiger charge is 2.69. The lowest BCUT2D eigenvalue weighted by Crippen LogP contribution is -2.49. The van der Waals surface area contributed by atoms with Gasteiger partial charge >= 0.3 is 12.4 Å². The average molecular weight is 913 g/mol. The van der Waals surface area contributed by atoms with Crippen LogP contribution in [0.25, 0.3) is 20.7 Å². The molecule has 328 valence electrons. The van der Waals surface area contributed by atoms with E-state index in [1.165, 1.54) is 42.4 Å². The van der Waals surface area contributed by atoms with Gasteiger partial charge in [0.1, 0.15) is 28.8 Å². The number of thiophene rings is 1. The number of amides is 4. The lowest BCUT2D eigenvalue weighted by atomic mass is 9.51. The summed E-state index contributed by atoms with van der Waals surface area (Å²) in [6, 6.07) is 10.3. The summed E-state index contributed by atoms with van der Waals surface area (Å²) >= 11 is 7.74. The molecule has 9 rings (SSSR count). The third-order valence-electron chi connectivity index (χ3n) is 13.1. The smallest absolute Gasteiger partial charge is 0.416 e. The molecule has 0 bridgehead atoms. The Labute approximate surface area is 363 Å². The summed E-state index contributed by atoms with van der Waals surface area (Å²) in [5.41, 5.74) is -3.98. The fourth-order valence-corrected chi connectivity index (χ4v) is 11.6. The number of aryl methyl sites for hydroxylation is 2. The van der Waals surface area contributed by atoms with Crippen molar-refractivity contribution in [2.45, 2.75) is 45.0 Å². The number of phenols is 1. The van der Waals surface area contributed by atoms with E-state index in [1.54, 1.807) is 32.2 Å². The second kappa shape index (κ2) is 14.3. The van der Waals surface area contributed by atoms with E-state index in [2.05, 4.69) is 0 Å². The summed E-state index contributed by atoms with van der Waals surface area (Å²) in [5.74, 6) is -9.35. The van der Waals surface area contributed by atoms with E-state index in [9.17, 15) is 41.0 Å². The van der Waals surface area contributed by atoms with Crippen LogP contribution < -0.4 is 19.3 Å². The van der Waals surface area contributed by atoms with Gasteiger partial charge in [-0.15, -0.1) is 11.3 Å². The predicted molar refractivity (Wildman–Crippen MR) is 219 cm³/mol. The lowest BCUT2D eigenvalue weighted by Gasteiger charge is -2.49. The maximum absolute atomic E-state index is 15.3. The van der Waals surface area contributed by atoms with E-state index in [0.29, 0.717) is 33.3 Å². The van der Waals surface area contributed by atoms with E-state index >= 15 is 9.59 Å². The number of carbonyl (C=O) groups excluding carboxylic acids is 4. The maximum atomic E-state index is 15.3. The third kappa shape index (κ3) is 6.25. The molecule has 0 spiro atoms. The van der Waals surface area contributed by atoms with Crippen molar-refractivity contribution in [2.75, 3.05) is 24.0 Å². The van der Waals surface area contributed by atoms with Gasteiger partial charge in [0.2, 0.25) is 23.6 Å². The molecule has 2 aliphatic carbocycles. The Morgan fingerprint density at radius 3 is 2.10 bits per heavy atom. The van der Waals surface area contributed by atoms with Crippen molar-refractivity contribution in [1.29, 1.82) is 0 Å². The molecule has 4 amide bonds. The molecule has 1 N–H and O–H groups in total. The van der Waals surface area contributed by atoms with Gasteiger partial charge in [-0.2, -0.15) is 31.4 Å². The number of fused-ring (bicyclic) bond motifs is 5. The second-order valence-corrected chi connectivity index (χ2v) is 17.9. The lowest BCUT2D eigenvalue weighted by molar-refractivity contribution is -0.143. The first kappa shape index (κ1) is 42.4. The Morgan fingerprint density at radius 2 is 1.49 bits per heavy atom. The van der Waals surface area contributed by atoms with Gasteiger partial charge < -0.3 is 14.6 Å². The number of hydrogen-bond acceptors (Lipinski definition) is 9. The number of phenolic OH excluding ortho intramolecular Hbond substituents is 1. The van der Waals surface area contributed by atoms with Crippen LogP contribution in [-0.2, 0) is 38.6 Å². The van der Waals surface area contributed by atoms with Gasteiger partial charge in [0, 0.05) is 46.5 Å². The van der Waals surface area contributed by atoms with Crippen LogP contribution in [0.15, 0.2) is 66.2 Å². The van der Waals surface area contributed by atoms with Crippen molar-refractivity contribution in [1.82, 2.24) is 9.78 Å². The molecule has 63 heavy (non-hydrogen) atoms. The Morgan fingerprint density at radius 1 is 0.857 bits per heavy atom. The molecule has 19 heteroatoms. The number of benzene rings is 3. The van der Waals surface area contributed by atoms with Crippen molar-refractivity contribution in [3.8, 4) is 27.8 Å². The van der Waals surface area contributed by atoms with E-state index in [0.717, 1.165) is 25.4 Å². The molecule has 2 aromatic heterocycles. The van der Waals surface area contributed by atoms with Crippen molar-refractivity contribution in [3.05, 3.63) is 93.5 Å². The highest BCUT2D eigenvalue weighted by Crippen LogP contribution is 2.66. The highest BCUT2D eigenvalue weighted by molar-refractivity contribution is 7.22. The molecule has 0 unspecified atom stereocenters. The Kier molecular flexibility index (Phi) is 9.64. The van der Waals surface area contributed by atoms with Crippen molar-refractivity contribution < 1.29 is 60.1 Å². The number of aromatic nitrogens is 2. The monoisotopic (exact) mass is 912 g/mol. The molecule has 2 aliphatic heterocycles. The Bertz CT molecular complexity index is 2810. The van der Waals surface area contributed by atoms with E-state index in [4.69, 9.17) is 26.2 Å². The number of methoxy groups -OCH3 is 2. The van der Waals surface area contributed by atoms with Crippen molar-refractivity contribution >= 4 is 68.2 Å². The highest BCUT2D eigenvalue weighted by atomic mass is 35.5. The largest absolute Gasteiger partial charge is 0.508 e. The molecule has 2 saturated heterocycles. The summed E-state index contributed by atoms with van der Waals surface area (Å²) < 4.78 is 97.8. The molecule has 1 saturated carbocycles. The van der Waals surface area contributed by atoms with Gasteiger partial charge in [-0.1, -0.05) is 23.3 Å². The van der Waals surface area contributed by atoms with Crippen LogP contribution in [0.2, 0.25) is 5.02 Å². The number of nitrogens with zero attached hydrogens (tertiary/aromatic N) is 4. The molecule has 3 aromatic carbocycles. The van der Waals surface area contributed by atoms with Crippen LogP contribution in [0.4, 0.5) is 37.8 Å². The number of allylic oxidation sites excluding steroid dienone is 2. The summed E-state index contributed by atoms with van der Waals surface area (Å²) in [7, 11) is 4.22. The van der Waals surface area contributed by atoms with Crippen LogP contribution in [0, 0.1) is 36.0 Å². The Hall–Kier alpha value is -5.88. The van der Waals surface area contributed by atoms with Crippen LogP contribution in [0.3, 0.4) is 0 Å². The average Bonchev–Trinajstić information content (AvgIpc) is 3.89. The fraction of sp³-hybridized carbons (Fsp3) is 0.341. The molecule has 5 aromatic rings. The summed E-state index contributed by atoms with van der Waals surface area (Å²) in [4.78, 5) is 61.3. The van der Waals surface area contributed by atoms with Gasteiger partial charge in [-0.3, -0.25) is 23.9 Å². The topological polar surface area (TPSA) is 131 Å². The molecular weight excluding hydrogens is 878 g/mol. The number of imide groups is 2. The Balaban J connectivity index is 1.18. The van der Waals surface area contributed by atoms with E-state index in [1.807, 2.05) is 19.1 Å². The third-order valence-corrected chi connectivity index (χ3v) is 14.7. The molecule has 11 nitrogen and oxygen atoms in total. The van der Waals surface area contributed by atoms with Crippen LogP contribution in [-0.4, -0.2) is 52.7 Å². The number of carbonyl (C=O) groups is 4. The molecular formula is C44H35ClF6N4O7S. The SMILES string of the molecule is COc1cc(O)cc(OC)c1[C@H]1C2=CC[C@@H]3C(=O)N(c4cc(C(F)(F)F)cc(C(F)(F)F)c4)C(=O)[C@@H]3[C@@H]2C[C@H]2C(=O)N(c3cc(-c4sc5ccc(Cl)cc5c4C)nn3C)C(=O)[C@@]12C. The van der Waals surface area contributed by atoms with E-state index < -0.39 is 87.8 Å². The maximum Gasteiger partial charge on any atom is 0.416 e. The van der Waals surface area contributed by atoms with Gasteiger partial charge in [0.25, 0.3) is 0 Å². The first-order valence-corrected chi connectivity index (χ1v) is 20.7. The molecule has 3 fully saturated rings. The van der Waals surface area contributed by atoms with Crippen LogP contribution in [0.1, 0.15) is 47.9 Å². The number of anilines is 2. The van der Waals surface area contributed by atoms with Crippen molar-refractivity contribution in [2.24, 2.45) is 36.1 Å². The van der Waals surface area contributed by atoms with Crippen LogP contribution in [0.5, 0.6) is 17.2 Å². The number of rotatable bonds is 6. The summed E-state index contributed by atoms with van der Waals surface area (Å²) in [5, 5.41) is 16.8. The molecule has 4 heterocycles. The van der Waals surface area contributed by atoms with Gasteiger partial charge in [-0.25, -0.2) is 9.80 Å². The molecule has 0 radical (unpaired) electrons. The number of halogens is 7. The number of alkyl halides is 6. The molecule has 4 aliphatic rings. The minimum Gasteiger partial charge on any atom is -0.508 e. The normalized spacial score (nSPS) is 24.8. The molecule has 6 atom stereocenters. The van der Waals surface area contributed by atoms with Crippen LogP contribution >= 0.6 is 22.9 Å². The number of hydrogen-bond donors (Lipinski definition) is 1. The first-order valence-electron chi connectivity index (χ1n) is 19.5. The zero-order chi connectivity index (χ0) is 45.4. The first-order chi connectivity index (χ1) is 29.6. The summed E-state index contributed by atoms with van der Waals surface area (Å²) in [6.45, 7) is 3.51. The second-order valence-electron chi connectivity index (χ2n) is 16.4. The number of aromatic hydroxyl groups is 1. The fourth-order valence-electron chi connectivity index (χ4n) is 10.3. The van der Waals surface area contributed by atoms with Crippen molar-refractivity contribution in [3.63, 3.8) is 0 Å². The summed E-state index contributed by atoms with van der Waals surface area (Å²) in [6.07, 6.45) is -9.25. The minimum absolute atomic E-state index is 0.0569. The zero-order valence-corrected chi connectivity index (χ0v) is 35.4. The quantitative estimate of drug-likeness (QED) is 0.101. The minimum atomic E-state index is -5.26. The van der Waals surface area contributed by atoms with Gasteiger partial charge in [0.15, 0.2) is 0 Å². The zero-order valence-electron chi connectivity index (χ0n) is 33.8. The van der Waals surface area contributed by atoms with E-state index in [-0.39, 0.29) is 47.5 Å². The standard InChI is InChI=1S/C44H35ClF6N4O7S/c1-18-26-13-21(45)6-9-32(26)63-37(18)29-17-33(53(3)52-29)55-39(58)28-16-27-24(36(42(28,2)41(55)60)35-30(61-4)14-23(56)15-31(35)62-5)7-8-25-34(27)40(59)54(38(25)57)22-11-19(43(46,47)48)10-20(12-22)44(49,50)51/h6-7,9-15,17,25,27-28,34,36,56H,8,16H2,1-5H3/t25-,27+,28-,34-,36+,42+/m0/s1.